The van der Waals surface area contributed by atoms with Crippen molar-refractivity contribution in [1.82, 2.24) is 15.2 Å². The molecule has 2 bridgehead atoms. The molecule has 0 amide bonds. The van der Waals surface area contributed by atoms with Crippen LogP contribution in [0.1, 0.15) is 60.6 Å². The number of Topliss-reactive ketones (excluding diaryl/α,β-unsaturated/α-hetero) is 1. The molecule has 2 aromatic rings. The molecular weight excluding hydrogens is 362 g/mol. The van der Waals surface area contributed by atoms with Crippen LogP contribution in [0.5, 0.6) is 0 Å². The number of hydrogen-bond acceptors (Lipinski definition) is 6. The Morgan fingerprint density at radius 1 is 1.38 bits per heavy atom. The van der Waals surface area contributed by atoms with Crippen molar-refractivity contribution in [2.24, 2.45) is 5.41 Å². The molecule has 0 saturated heterocycles. The number of carbonyl (C=O) groups excluding carboxylic acids is 1. The molecule has 0 N–H and O–H groups in total. The predicted octanol–water partition coefficient (Wildman–Crippen LogP) is 4.74. The second kappa shape index (κ2) is 5.51. The van der Waals surface area contributed by atoms with Crippen LogP contribution in [-0.4, -0.2) is 26.7 Å². The van der Waals surface area contributed by atoms with Crippen LogP contribution in [0.4, 0.5) is 0 Å². The summed E-state index contributed by atoms with van der Waals surface area (Å²) >= 11 is 8.55. The van der Waals surface area contributed by atoms with E-state index in [-0.39, 0.29) is 16.6 Å². The van der Waals surface area contributed by atoms with E-state index < -0.39 is 0 Å². The highest BCUT2D eigenvalue weighted by molar-refractivity contribution is 7.99. The van der Waals surface area contributed by atoms with Gasteiger partial charge >= 0.3 is 0 Å². The van der Waals surface area contributed by atoms with E-state index in [0.29, 0.717) is 26.0 Å². The van der Waals surface area contributed by atoms with Gasteiger partial charge in [0, 0.05) is 11.3 Å². The van der Waals surface area contributed by atoms with Crippen molar-refractivity contribution in [3.63, 3.8) is 0 Å². The quantitative estimate of drug-likeness (QED) is 0.567. The zero-order valence-electron chi connectivity index (χ0n) is 13.8. The van der Waals surface area contributed by atoms with E-state index >= 15 is 0 Å². The molecule has 0 unspecified atom stereocenters. The van der Waals surface area contributed by atoms with Gasteiger partial charge in [0.15, 0.2) is 5.78 Å². The van der Waals surface area contributed by atoms with Crippen LogP contribution in [0.2, 0.25) is 4.34 Å². The Morgan fingerprint density at radius 2 is 2.17 bits per heavy atom. The first kappa shape index (κ1) is 16.5. The monoisotopic (exact) mass is 379 g/mol. The minimum absolute atomic E-state index is 0.0501. The van der Waals surface area contributed by atoms with E-state index in [1.807, 2.05) is 0 Å². The van der Waals surface area contributed by atoms with Gasteiger partial charge in [0.2, 0.25) is 5.16 Å². The predicted molar refractivity (Wildman–Crippen MR) is 97.3 cm³/mol. The summed E-state index contributed by atoms with van der Waals surface area (Å²) in [6.45, 7) is 6.91. The number of thiophene rings is 1. The van der Waals surface area contributed by atoms with Crippen LogP contribution in [0.25, 0.3) is 0 Å². The van der Waals surface area contributed by atoms with Crippen molar-refractivity contribution in [1.29, 1.82) is 0 Å². The molecule has 1 fully saturated rings. The van der Waals surface area contributed by atoms with Crippen molar-refractivity contribution >= 4 is 40.5 Å². The van der Waals surface area contributed by atoms with Gasteiger partial charge in [0.05, 0.1) is 26.4 Å². The highest BCUT2D eigenvalue weighted by Crippen LogP contribution is 2.66. The van der Waals surface area contributed by atoms with Gasteiger partial charge in [-0.15, -0.1) is 16.4 Å². The SMILES string of the molecule is CC1(C)[C@H]2CC[C@@]1(C)c1nc(SCC(=O)c3ccc(Cl)s3)nnc12. The lowest BCUT2D eigenvalue weighted by Gasteiger charge is -2.33. The molecule has 7 heteroatoms. The van der Waals surface area contributed by atoms with Crippen LogP contribution >= 0.6 is 34.7 Å². The number of carbonyl (C=O) groups is 1. The number of rotatable bonds is 4. The summed E-state index contributed by atoms with van der Waals surface area (Å²) in [5, 5.41) is 9.33. The van der Waals surface area contributed by atoms with Crippen LogP contribution in [0.15, 0.2) is 17.3 Å². The first-order chi connectivity index (χ1) is 11.3. The van der Waals surface area contributed by atoms with Crippen molar-refractivity contribution < 1.29 is 4.79 Å². The smallest absolute Gasteiger partial charge is 0.209 e. The van der Waals surface area contributed by atoms with Crippen LogP contribution < -0.4 is 0 Å². The topological polar surface area (TPSA) is 55.7 Å². The number of aromatic nitrogens is 3. The van der Waals surface area contributed by atoms with Crippen molar-refractivity contribution in [3.8, 4) is 0 Å². The summed E-state index contributed by atoms with van der Waals surface area (Å²) in [6, 6.07) is 3.51. The number of thioether (sulfide) groups is 1. The minimum atomic E-state index is 0.0501. The first-order valence-electron chi connectivity index (χ1n) is 7.99. The Labute approximate surface area is 154 Å². The number of nitrogens with zero attached hydrogens (tertiary/aromatic N) is 3. The van der Waals surface area contributed by atoms with E-state index in [1.165, 1.54) is 23.1 Å². The Kier molecular flexibility index (Phi) is 3.79. The molecule has 24 heavy (non-hydrogen) atoms. The second-order valence-corrected chi connectivity index (χ2v) is 9.95. The Morgan fingerprint density at radius 3 is 2.88 bits per heavy atom. The van der Waals surface area contributed by atoms with Crippen molar-refractivity contribution in [3.05, 3.63) is 32.7 Å². The van der Waals surface area contributed by atoms with Gasteiger partial charge in [-0.05, 0) is 30.4 Å². The molecule has 0 spiro atoms. The summed E-state index contributed by atoms with van der Waals surface area (Å²) in [7, 11) is 0. The lowest BCUT2D eigenvalue weighted by molar-refractivity contribution is 0.102. The maximum atomic E-state index is 12.2. The van der Waals surface area contributed by atoms with Crippen molar-refractivity contribution in [2.75, 3.05) is 5.75 Å². The molecule has 0 radical (unpaired) electrons. The van der Waals surface area contributed by atoms with Gasteiger partial charge in [0.1, 0.15) is 0 Å². The van der Waals surface area contributed by atoms with Crippen molar-refractivity contribution in [2.45, 2.75) is 50.1 Å². The second-order valence-electron chi connectivity index (χ2n) is 7.29. The normalized spacial score (nSPS) is 26.6. The fourth-order valence-electron chi connectivity index (χ4n) is 4.09. The number of halogens is 1. The van der Waals surface area contributed by atoms with Gasteiger partial charge in [-0.2, -0.15) is 5.10 Å². The zero-order chi connectivity index (χ0) is 17.1. The Bertz CT molecular complexity index is 835. The maximum absolute atomic E-state index is 12.2. The van der Waals surface area contributed by atoms with Crippen LogP contribution in [0.3, 0.4) is 0 Å². The van der Waals surface area contributed by atoms with Gasteiger partial charge in [-0.3, -0.25) is 4.79 Å². The molecule has 0 aliphatic heterocycles. The molecule has 2 aliphatic carbocycles. The average molecular weight is 380 g/mol. The average Bonchev–Trinajstić information content (AvgIpc) is 3.12. The molecule has 2 aliphatic rings. The van der Waals surface area contributed by atoms with E-state index in [9.17, 15) is 4.79 Å². The number of fused-ring (bicyclic) bond motifs is 5. The van der Waals surface area contributed by atoms with E-state index in [2.05, 4.69) is 31.0 Å². The van der Waals surface area contributed by atoms with E-state index in [0.717, 1.165) is 24.2 Å². The molecule has 0 aromatic carbocycles. The molecular formula is C17H18ClN3OS2. The standard InChI is InChI=1S/C17H18ClN3OS2/c1-16(2)9-6-7-17(16,3)14-13(9)20-21-15(19-14)23-8-10(22)11-4-5-12(18)24-11/h4-5,9H,6-8H2,1-3H3/t9-,17-/m0/s1. The third-order valence-corrected chi connectivity index (χ3v) is 8.06. The van der Waals surface area contributed by atoms with E-state index in [4.69, 9.17) is 16.6 Å². The fraction of sp³-hybridized carbons (Fsp3) is 0.529. The number of ketones is 1. The molecule has 2 aromatic heterocycles. The van der Waals surface area contributed by atoms with Crippen LogP contribution in [-0.2, 0) is 5.41 Å². The summed E-state index contributed by atoms with van der Waals surface area (Å²) in [6.07, 6.45) is 2.31. The first-order valence-corrected chi connectivity index (χ1v) is 10.2. The summed E-state index contributed by atoms with van der Waals surface area (Å²) in [5.74, 6) is 0.807. The lowest BCUT2D eigenvalue weighted by Crippen LogP contribution is -2.32. The van der Waals surface area contributed by atoms with Gasteiger partial charge in [0.25, 0.3) is 0 Å². The zero-order valence-corrected chi connectivity index (χ0v) is 16.2. The van der Waals surface area contributed by atoms with Gasteiger partial charge in [-0.25, -0.2) is 4.98 Å². The third kappa shape index (κ3) is 2.26. The molecule has 126 valence electrons. The summed E-state index contributed by atoms with van der Waals surface area (Å²) in [4.78, 5) is 17.7. The van der Waals surface area contributed by atoms with E-state index in [1.54, 1.807) is 12.1 Å². The minimum Gasteiger partial charge on any atom is -0.292 e. The highest BCUT2D eigenvalue weighted by Gasteiger charge is 2.61. The van der Waals surface area contributed by atoms with Gasteiger partial charge in [-0.1, -0.05) is 44.1 Å². The maximum Gasteiger partial charge on any atom is 0.209 e. The Balaban J connectivity index is 1.55. The number of hydrogen-bond donors (Lipinski definition) is 0. The molecule has 2 heterocycles. The molecule has 4 nitrogen and oxygen atoms in total. The summed E-state index contributed by atoms with van der Waals surface area (Å²) in [5.41, 5.74) is 2.38. The van der Waals surface area contributed by atoms with Gasteiger partial charge < -0.3 is 0 Å². The fourth-order valence-corrected chi connectivity index (χ4v) is 5.83. The largest absolute Gasteiger partial charge is 0.292 e. The molecule has 2 atom stereocenters. The highest BCUT2D eigenvalue weighted by atomic mass is 35.5. The van der Waals surface area contributed by atoms with Crippen LogP contribution in [0, 0.1) is 5.41 Å². The molecule has 4 rings (SSSR count). The third-order valence-electron chi connectivity index (χ3n) is 5.95. The lowest BCUT2D eigenvalue weighted by atomic mass is 9.70. The Hall–Kier alpha value is -0.980. The summed E-state index contributed by atoms with van der Waals surface area (Å²) < 4.78 is 0.630. The molecule has 1 saturated carbocycles.